The molecule has 6 heteroatoms. The molecule has 0 spiro atoms. The van der Waals surface area contributed by atoms with Crippen molar-refractivity contribution in [2.45, 2.75) is 44.6 Å². The molecule has 3 aromatic rings. The molecule has 194 valence electrons. The van der Waals surface area contributed by atoms with Crippen LogP contribution in [0.15, 0.2) is 72.8 Å². The third-order valence-electron chi connectivity index (χ3n) is 7.57. The van der Waals surface area contributed by atoms with Crippen LogP contribution in [-0.4, -0.2) is 43.6 Å². The van der Waals surface area contributed by atoms with E-state index in [1.165, 1.54) is 43.7 Å². The summed E-state index contributed by atoms with van der Waals surface area (Å²) >= 11 is 0. The summed E-state index contributed by atoms with van der Waals surface area (Å²) in [5, 5.41) is 2.92. The van der Waals surface area contributed by atoms with Gasteiger partial charge in [0, 0.05) is 49.7 Å². The minimum atomic E-state index is -0.175. The number of halogens is 1. The zero-order chi connectivity index (χ0) is 25.5. The summed E-state index contributed by atoms with van der Waals surface area (Å²) in [6, 6.07) is 23.1. The first-order valence-electron chi connectivity index (χ1n) is 13.5. The normalized spacial score (nSPS) is 16.9. The number of rotatable bonds is 8. The highest BCUT2D eigenvalue weighted by molar-refractivity contribution is 5.92. The molecule has 5 nitrogen and oxygen atoms in total. The SMILES string of the molecule is O=C(COc1ccc(C2CCCCC2)cc1)Nc1ccc(N2CCN(Cc3ccccc3F)CC2)cc1. The highest BCUT2D eigenvalue weighted by Gasteiger charge is 2.19. The van der Waals surface area contributed by atoms with Crippen LogP contribution in [0, 0.1) is 5.82 Å². The smallest absolute Gasteiger partial charge is 0.262 e. The lowest BCUT2D eigenvalue weighted by Gasteiger charge is -2.36. The van der Waals surface area contributed by atoms with Gasteiger partial charge in [0.1, 0.15) is 11.6 Å². The van der Waals surface area contributed by atoms with E-state index in [1.54, 1.807) is 6.07 Å². The molecule has 0 aromatic heterocycles. The first kappa shape index (κ1) is 25.3. The Morgan fingerprint density at radius 3 is 2.27 bits per heavy atom. The van der Waals surface area contributed by atoms with Gasteiger partial charge in [-0.15, -0.1) is 0 Å². The van der Waals surface area contributed by atoms with Crippen LogP contribution in [0.1, 0.15) is 49.1 Å². The van der Waals surface area contributed by atoms with Crippen LogP contribution in [0.5, 0.6) is 5.75 Å². The Bertz CT molecular complexity index is 1150. The fourth-order valence-corrected chi connectivity index (χ4v) is 5.41. The second-order valence-corrected chi connectivity index (χ2v) is 10.1. The molecule has 1 aliphatic heterocycles. The van der Waals surface area contributed by atoms with Crippen molar-refractivity contribution in [3.05, 3.63) is 89.7 Å². The number of carbonyl (C=O) groups excluding carboxylic acids is 1. The first-order chi connectivity index (χ1) is 18.1. The number of ether oxygens (including phenoxy) is 1. The van der Waals surface area contributed by atoms with Gasteiger partial charge in [-0.3, -0.25) is 9.69 Å². The summed E-state index contributed by atoms with van der Waals surface area (Å²) in [5.74, 6) is 1.07. The summed E-state index contributed by atoms with van der Waals surface area (Å²) in [4.78, 5) is 17.0. The summed E-state index contributed by atoms with van der Waals surface area (Å²) in [6.07, 6.45) is 6.53. The van der Waals surface area contributed by atoms with Gasteiger partial charge in [-0.2, -0.15) is 0 Å². The minimum Gasteiger partial charge on any atom is -0.484 e. The second kappa shape index (κ2) is 12.2. The van der Waals surface area contributed by atoms with E-state index in [0.717, 1.165) is 48.9 Å². The van der Waals surface area contributed by atoms with Crippen molar-refractivity contribution in [1.82, 2.24) is 4.90 Å². The topological polar surface area (TPSA) is 44.8 Å². The number of carbonyl (C=O) groups is 1. The molecule has 5 rings (SSSR count). The third kappa shape index (κ3) is 6.89. The summed E-state index contributed by atoms with van der Waals surface area (Å²) in [6.45, 7) is 4.14. The predicted molar refractivity (Wildman–Crippen MR) is 147 cm³/mol. The quantitative estimate of drug-likeness (QED) is 0.398. The highest BCUT2D eigenvalue weighted by Crippen LogP contribution is 2.33. The summed E-state index contributed by atoms with van der Waals surface area (Å²) in [7, 11) is 0. The Kier molecular flexibility index (Phi) is 8.36. The van der Waals surface area contributed by atoms with Gasteiger partial charge in [0.15, 0.2) is 6.61 Å². The Morgan fingerprint density at radius 2 is 1.57 bits per heavy atom. The lowest BCUT2D eigenvalue weighted by atomic mass is 9.84. The predicted octanol–water partition coefficient (Wildman–Crippen LogP) is 6.21. The molecule has 3 aromatic carbocycles. The molecule has 1 aliphatic carbocycles. The van der Waals surface area contributed by atoms with E-state index < -0.39 is 0 Å². The van der Waals surface area contributed by atoms with Crippen LogP contribution in [-0.2, 0) is 11.3 Å². The van der Waals surface area contributed by atoms with Crippen LogP contribution >= 0.6 is 0 Å². The summed E-state index contributed by atoms with van der Waals surface area (Å²) in [5.41, 5.74) is 4.00. The van der Waals surface area contributed by atoms with Crippen LogP contribution in [0.25, 0.3) is 0 Å². The Morgan fingerprint density at radius 1 is 0.865 bits per heavy atom. The van der Waals surface area contributed by atoms with Crippen LogP contribution in [0.2, 0.25) is 0 Å². The molecule has 1 saturated heterocycles. The van der Waals surface area contributed by atoms with Gasteiger partial charge < -0.3 is 15.0 Å². The van der Waals surface area contributed by atoms with Crippen molar-refractivity contribution < 1.29 is 13.9 Å². The van der Waals surface area contributed by atoms with E-state index >= 15 is 0 Å². The molecule has 1 N–H and O–H groups in total. The average molecular weight is 502 g/mol. The van der Waals surface area contributed by atoms with E-state index in [1.807, 2.05) is 48.5 Å². The van der Waals surface area contributed by atoms with Gasteiger partial charge in [-0.1, -0.05) is 49.6 Å². The van der Waals surface area contributed by atoms with Gasteiger partial charge in [-0.05, 0) is 66.8 Å². The number of hydrogen-bond donors (Lipinski definition) is 1. The van der Waals surface area contributed by atoms with E-state index in [-0.39, 0.29) is 18.3 Å². The van der Waals surface area contributed by atoms with Crippen molar-refractivity contribution in [3.63, 3.8) is 0 Å². The van der Waals surface area contributed by atoms with Crippen molar-refractivity contribution in [1.29, 1.82) is 0 Å². The molecule has 0 unspecified atom stereocenters. The van der Waals surface area contributed by atoms with Crippen molar-refractivity contribution >= 4 is 17.3 Å². The number of nitrogens with one attached hydrogen (secondary N) is 1. The molecule has 0 atom stereocenters. The molecule has 1 heterocycles. The standard InChI is InChI=1S/C31H36FN3O2/c32-30-9-5-4-8-26(30)22-34-18-20-35(21-19-34)28-14-12-27(13-15-28)33-31(36)23-37-29-16-10-25(11-17-29)24-6-2-1-3-7-24/h4-5,8-17,24H,1-3,6-7,18-23H2,(H,33,36). The maximum absolute atomic E-state index is 14.0. The highest BCUT2D eigenvalue weighted by atomic mass is 19.1. The zero-order valence-corrected chi connectivity index (χ0v) is 21.4. The lowest BCUT2D eigenvalue weighted by molar-refractivity contribution is -0.118. The average Bonchev–Trinajstić information content (AvgIpc) is 2.95. The van der Waals surface area contributed by atoms with Crippen LogP contribution in [0.4, 0.5) is 15.8 Å². The molecule has 2 fully saturated rings. The van der Waals surface area contributed by atoms with Gasteiger partial charge >= 0.3 is 0 Å². The molecule has 0 bridgehead atoms. The van der Waals surface area contributed by atoms with E-state index in [4.69, 9.17) is 4.74 Å². The van der Waals surface area contributed by atoms with Gasteiger partial charge in [0.25, 0.3) is 5.91 Å². The molecule has 0 radical (unpaired) electrons. The van der Waals surface area contributed by atoms with Crippen LogP contribution < -0.4 is 15.0 Å². The van der Waals surface area contributed by atoms with Crippen LogP contribution in [0.3, 0.4) is 0 Å². The summed E-state index contributed by atoms with van der Waals surface area (Å²) < 4.78 is 19.7. The van der Waals surface area contributed by atoms with E-state index in [9.17, 15) is 9.18 Å². The van der Waals surface area contributed by atoms with Gasteiger partial charge in [-0.25, -0.2) is 4.39 Å². The molecule has 1 saturated carbocycles. The van der Waals surface area contributed by atoms with E-state index in [2.05, 4.69) is 27.2 Å². The molecule has 2 aliphatic rings. The molecular weight excluding hydrogens is 465 g/mol. The minimum absolute atomic E-state index is 0.0194. The number of anilines is 2. The number of nitrogens with zero attached hydrogens (tertiary/aromatic N) is 2. The molecular formula is C31H36FN3O2. The van der Waals surface area contributed by atoms with Crippen molar-refractivity contribution in [3.8, 4) is 5.75 Å². The number of amides is 1. The molecule has 1 amide bonds. The van der Waals surface area contributed by atoms with Crippen molar-refractivity contribution in [2.75, 3.05) is 43.0 Å². The van der Waals surface area contributed by atoms with Gasteiger partial charge in [0.05, 0.1) is 0 Å². The number of benzene rings is 3. The largest absolute Gasteiger partial charge is 0.484 e. The molecule has 37 heavy (non-hydrogen) atoms. The zero-order valence-electron chi connectivity index (χ0n) is 21.4. The first-order valence-corrected chi connectivity index (χ1v) is 13.5. The Labute approximate surface area is 219 Å². The lowest BCUT2D eigenvalue weighted by Crippen LogP contribution is -2.46. The maximum atomic E-state index is 14.0. The van der Waals surface area contributed by atoms with E-state index in [0.29, 0.717) is 12.5 Å². The Balaban J connectivity index is 1.05. The monoisotopic (exact) mass is 501 g/mol. The van der Waals surface area contributed by atoms with Crippen molar-refractivity contribution in [2.24, 2.45) is 0 Å². The Hall–Kier alpha value is -3.38. The fourth-order valence-electron chi connectivity index (χ4n) is 5.41. The fraction of sp³-hybridized carbons (Fsp3) is 0.387. The number of hydrogen-bond acceptors (Lipinski definition) is 4. The second-order valence-electron chi connectivity index (χ2n) is 10.1. The van der Waals surface area contributed by atoms with Gasteiger partial charge in [0.2, 0.25) is 0 Å². The number of piperazine rings is 1. The third-order valence-corrected chi connectivity index (χ3v) is 7.57. The maximum Gasteiger partial charge on any atom is 0.262 e.